The van der Waals surface area contributed by atoms with Gasteiger partial charge in [0.15, 0.2) is 0 Å². The third kappa shape index (κ3) is 4.39. The Kier molecular flexibility index (Phi) is 5.45. The first-order chi connectivity index (χ1) is 10.2. The van der Waals surface area contributed by atoms with Crippen molar-refractivity contribution in [2.45, 2.75) is 32.2 Å². The van der Waals surface area contributed by atoms with Crippen LogP contribution in [0.1, 0.15) is 38.1 Å². The number of rotatable bonds is 7. The molecule has 0 aliphatic heterocycles. The van der Waals surface area contributed by atoms with E-state index in [4.69, 9.17) is 10.2 Å². The first-order valence-electron chi connectivity index (χ1n) is 7.06. The van der Waals surface area contributed by atoms with Gasteiger partial charge in [0, 0.05) is 12.5 Å². The first kappa shape index (κ1) is 15.2. The molecule has 1 heterocycles. The minimum absolute atomic E-state index is 0.118. The van der Waals surface area contributed by atoms with Crippen LogP contribution in [-0.2, 0) is 4.79 Å². The fourth-order valence-corrected chi connectivity index (χ4v) is 2.07. The number of carbonyl (C=O) groups excluding carboxylic acids is 1. The number of amides is 1. The highest BCUT2D eigenvalue weighted by atomic mass is 16.4. The SMILES string of the molecule is CC(=O)N[C@@H](CCCCN)c1nnc(-c2ccccc2)o1. The van der Waals surface area contributed by atoms with E-state index in [1.165, 1.54) is 6.92 Å². The molecule has 6 nitrogen and oxygen atoms in total. The molecule has 0 fully saturated rings. The molecule has 3 N–H and O–H groups in total. The summed E-state index contributed by atoms with van der Waals surface area (Å²) >= 11 is 0. The van der Waals surface area contributed by atoms with Crippen LogP contribution in [0.4, 0.5) is 0 Å². The molecule has 1 amide bonds. The number of hydrogen-bond donors (Lipinski definition) is 2. The molecule has 0 saturated carbocycles. The van der Waals surface area contributed by atoms with Crippen LogP contribution in [0.3, 0.4) is 0 Å². The molecule has 0 radical (unpaired) electrons. The summed E-state index contributed by atoms with van der Waals surface area (Å²) in [5.74, 6) is 0.771. The molecule has 0 bridgehead atoms. The van der Waals surface area contributed by atoms with E-state index in [-0.39, 0.29) is 11.9 Å². The highest BCUT2D eigenvalue weighted by molar-refractivity contribution is 5.73. The fourth-order valence-electron chi connectivity index (χ4n) is 2.07. The lowest BCUT2D eigenvalue weighted by atomic mass is 10.1. The van der Waals surface area contributed by atoms with Gasteiger partial charge < -0.3 is 15.5 Å². The number of carbonyl (C=O) groups is 1. The maximum absolute atomic E-state index is 11.3. The van der Waals surface area contributed by atoms with Crippen molar-refractivity contribution in [1.82, 2.24) is 15.5 Å². The second-order valence-corrected chi connectivity index (χ2v) is 4.85. The monoisotopic (exact) mass is 288 g/mol. The zero-order chi connectivity index (χ0) is 15.1. The molecule has 1 aromatic heterocycles. The number of nitrogens with one attached hydrogen (secondary N) is 1. The van der Waals surface area contributed by atoms with E-state index in [1.807, 2.05) is 30.3 Å². The molecule has 2 rings (SSSR count). The standard InChI is InChI=1S/C15H20N4O2/c1-11(20)17-13(9-5-6-10-16)15-19-18-14(21-15)12-7-3-2-4-8-12/h2-4,7-8,13H,5-6,9-10,16H2,1H3,(H,17,20)/t13-/m0/s1. The van der Waals surface area contributed by atoms with Crippen molar-refractivity contribution in [2.24, 2.45) is 5.73 Å². The average Bonchev–Trinajstić information content (AvgIpc) is 2.97. The molecule has 0 spiro atoms. The van der Waals surface area contributed by atoms with Crippen molar-refractivity contribution in [2.75, 3.05) is 6.54 Å². The van der Waals surface area contributed by atoms with E-state index in [9.17, 15) is 4.79 Å². The lowest BCUT2D eigenvalue weighted by Crippen LogP contribution is -2.26. The number of hydrogen-bond acceptors (Lipinski definition) is 5. The molecule has 0 unspecified atom stereocenters. The van der Waals surface area contributed by atoms with Crippen LogP contribution in [0.2, 0.25) is 0 Å². The molecule has 0 saturated heterocycles. The Morgan fingerprint density at radius 1 is 1.29 bits per heavy atom. The lowest BCUT2D eigenvalue weighted by Gasteiger charge is -2.13. The first-order valence-corrected chi connectivity index (χ1v) is 7.06. The van der Waals surface area contributed by atoms with Gasteiger partial charge in [-0.15, -0.1) is 10.2 Å². The third-order valence-electron chi connectivity index (χ3n) is 3.08. The molecular formula is C15H20N4O2. The summed E-state index contributed by atoms with van der Waals surface area (Å²) in [5.41, 5.74) is 6.36. The van der Waals surface area contributed by atoms with Gasteiger partial charge in [-0.05, 0) is 37.9 Å². The van der Waals surface area contributed by atoms with Crippen molar-refractivity contribution in [3.63, 3.8) is 0 Å². The summed E-state index contributed by atoms with van der Waals surface area (Å²) in [4.78, 5) is 11.3. The van der Waals surface area contributed by atoms with Crippen LogP contribution in [0, 0.1) is 0 Å². The van der Waals surface area contributed by atoms with E-state index in [1.54, 1.807) is 0 Å². The molecule has 112 valence electrons. The van der Waals surface area contributed by atoms with Crippen LogP contribution in [0.15, 0.2) is 34.7 Å². The molecule has 2 aromatic rings. The summed E-state index contributed by atoms with van der Waals surface area (Å²) in [6.07, 6.45) is 2.52. The lowest BCUT2D eigenvalue weighted by molar-refractivity contribution is -0.119. The largest absolute Gasteiger partial charge is 0.418 e. The summed E-state index contributed by atoms with van der Waals surface area (Å²) in [6, 6.07) is 9.28. The van der Waals surface area contributed by atoms with Crippen molar-refractivity contribution < 1.29 is 9.21 Å². The minimum atomic E-state index is -0.265. The predicted octanol–water partition coefficient (Wildman–Crippen LogP) is 2.04. The van der Waals surface area contributed by atoms with Gasteiger partial charge in [-0.3, -0.25) is 4.79 Å². The maximum atomic E-state index is 11.3. The van der Waals surface area contributed by atoms with Gasteiger partial charge in [0.05, 0.1) is 0 Å². The van der Waals surface area contributed by atoms with E-state index >= 15 is 0 Å². The Bertz CT molecular complexity index is 568. The van der Waals surface area contributed by atoms with Crippen molar-refractivity contribution >= 4 is 5.91 Å². The van der Waals surface area contributed by atoms with Gasteiger partial charge in [0.25, 0.3) is 0 Å². The van der Waals surface area contributed by atoms with Crippen LogP contribution in [0.5, 0.6) is 0 Å². The van der Waals surface area contributed by atoms with Gasteiger partial charge in [-0.25, -0.2) is 0 Å². The number of nitrogens with zero attached hydrogens (tertiary/aromatic N) is 2. The Labute approximate surface area is 123 Å². The molecule has 1 aromatic carbocycles. The highest BCUT2D eigenvalue weighted by Crippen LogP contribution is 2.23. The third-order valence-corrected chi connectivity index (χ3v) is 3.08. The predicted molar refractivity (Wildman–Crippen MR) is 79.2 cm³/mol. The zero-order valence-electron chi connectivity index (χ0n) is 12.1. The highest BCUT2D eigenvalue weighted by Gasteiger charge is 2.19. The smallest absolute Gasteiger partial charge is 0.247 e. The number of unbranched alkanes of at least 4 members (excludes halogenated alkanes) is 1. The van der Waals surface area contributed by atoms with E-state index < -0.39 is 0 Å². The van der Waals surface area contributed by atoms with Crippen LogP contribution < -0.4 is 11.1 Å². The summed E-state index contributed by atoms with van der Waals surface area (Å²) in [6.45, 7) is 2.11. The van der Waals surface area contributed by atoms with Gasteiger partial charge in [0.2, 0.25) is 17.7 Å². The molecule has 6 heteroatoms. The topological polar surface area (TPSA) is 94.0 Å². The molecule has 0 aliphatic carbocycles. The van der Waals surface area contributed by atoms with Crippen molar-refractivity contribution in [3.8, 4) is 11.5 Å². The van der Waals surface area contributed by atoms with Crippen molar-refractivity contribution in [1.29, 1.82) is 0 Å². The second kappa shape index (κ2) is 7.54. The van der Waals surface area contributed by atoms with Gasteiger partial charge in [-0.1, -0.05) is 18.2 Å². The molecule has 0 aliphatic rings. The zero-order valence-corrected chi connectivity index (χ0v) is 12.1. The quantitative estimate of drug-likeness (QED) is 0.760. The Balaban J connectivity index is 2.12. The summed E-state index contributed by atoms with van der Waals surface area (Å²) in [5, 5.41) is 11.0. The molecular weight excluding hydrogens is 268 g/mol. The summed E-state index contributed by atoms with van der Waals surface area (Å²) in [7, 11) is 0. The normalized spacial score (nSPS) is 12.1. The van der Waals surface area contributed by atoms with E-state index in [0.29, 0.717) is 18.3 Å². The maximum Gasteiger partial charge on any atom is 0.247 e. The van der Waals surface area contributed by atoms with E-state index in [2.05, 4.69) is 15.5 Å². The number of benzene rings is 1. The number of aromatic nitrogens is 2. The minimum Gasteiger partial charge on any atom is -0.418 e. The summed E-state index contributed by atoms with van der Waals surface area (Å²) < 4.78 is 5.70. The van der Waals surface area contributed by atoms with Crippen LogP contribution >= 0.6 is 0 Å². The van der Waals surface area contributed by atoms with Gasteiger partial charge in [0.1, 0.15) is 6.04 Å². The Morgan fingerprint density at radius 3 is 2.71 bits per heavy atom. The van der Waals surface area contributed by atoms with Gasteiger partial charge in [-0.2, -0.15) is 0 Å². The average molecular weight is 288 g/mol. The van der Waals surface area contributed by atoms with Gasteiger partial charge >= 0.3 is 0 Å². The molecule has 21 heavy (non-hydrogen) atoms. The van der Waals surface area contributed by atoms with Crippen molar-refractivity contribution in [3.05, 3.63) is 36.2 Å². The van der Waals surface area contributed by atoms with Crippen LogP contribution in [0.25, 0.3) is 11.5 Å². The van der Waals surface area contributed by atoms with E-state index in [0.717, 1.165) is 24.8 Å². The fraction of sp³-hybridized carbons (Fsp3) is 0.400. The van der Waals surface area contributed by atoms with Crippen LogP contribution in [-0.4, -0.2) is 22.6 Å². The molecule has 1 atom stereocenters. The Hall–Kier alpha value is -2.21. The Morgan fingerprint density at radius 2 is 2.05 bits per heavy atom. The number of nitrogens with two attached hydrogens (primary N) is 1. The second-order valence-electron chi connectivity index (χ2n) is 4.85.